The maximum Gasteiger partial charge on any atom is 0.0830 e. The van der Waals surface area contributed by atoms with Crippen molar-refractivity contribution in [2.75, 3.05) is 33.7 Å². The normalized spacial score (nSPS) is 36.9. The minimum Gasteiger partial charge on any atom is -0.368 e. The summed E-state index contributed by atoms with van der Waals surface area (Å²) in [7, 11) is 4.32. The lowest BCUT2D eigenvalue weighted by molar-refractivity contribution is -0.107. The van der Waals surface area contributed by atoms with Crippen LogP contribution in [0.2, 0.25) is 0 Å². The number of hydrogen-bond donors (Lipinski definition) is 1. The summed E-state index contributed by atoms with van der Waals surface area (Å²) in [5.41, 5.74) is 5.99. The van der Waals surface area contributed by atoms with E-state index in [9.17, 15) is 0 Å². The third-order valence-electron chi connectivity index (χ3n) is 5.21. The number of rotatable bonds is 4. The van der Waals surface area contributed by atoms with Crippen LogP contribution in [-0.2, 0) is 4.74 Å². The highest BCUT2D eigenvalue weighted by atomic mass is 16.5. The third kappa shape index (κ3) is 2.63. The van der Waals surface area contributed by atoms with Crippen molar-refractivity contribution < 1.29 is 4.74 Å². The Bertz CT molecular complexity index is 354. The largest absolute Gasteiger partial charge is 0.368 e. The SMILES string of the molecule is CN(C)CC1CCCN1C1(CN)CC(C)(C)OC1(C)C. The Hall–Kier alpha value is -0.160. The molecule has 2 heterocycles. The van der Waals surface area contributed by atoms with Crippen molar-refractivity contribution in [1.29, 1.82) is 0 Å². The zero-order valence-corrected chi connectivity index (χ0v) is 14.2. The van der Waals surface area contributed by atoms with Crippen LogP contribution in [0.3, 0.4) is 0 Å². The Kier molecular flexibility index (Phi) is 4.25. The van der Waals surface area contributed by atoms with Crippen molar-refractivity contribution >= 4 is 0 Å². The second-order valence-electron chi connectivity index (χ2n) is 8.04. The Morgan fingerprint density at radius 1 is 1.25 bits per heavy atom. The molecule has 0 aliphatic carbocycles. The lowest BCUT2D eigenvalue weighted by atomic mass is 9.77. The Balaban J connectivity index is 2.31. The zero-order chi connectivity index (χ0) is 15.2. The zero-order valence-electron chi connectivity index (χ0n) is 14.2. The van der Waals surface area contributed by atoms with Gasteiger partial charge in [0, 0.05) is 19.1 Å². The summed E-state index contributed by atoms with van der Waals surface area (Å²) < 4.78 is 6.37. The van der Waals surface area contributed by atoms with E-state index in [1.165, 1.54) is 12.8 Å². The number of nitrogens with two attached hydrogens (primary N) is 1. The highest BCUT2D eigenvalue weighted by Gasteiger charge is 2.60. The summed E-state index contributed by atoms with van der Waals surface area (Å²) in [6.07, 6.45) is 3.57. The first kappa shape index (κ1) is 16.2. The van der Waals surface area contributed by atoms with E-state index >= 15 is 0 Å². The molecule has 2 fully saturated rings. The average molecular weight is 283 g/mol. The minimum absolute atomic E-state index is 0.0341. The second-order valence-corrected chi connectivity index (χ2v) is 8.04. The Labute approximate surface area is 124 Å². The molecule has 2 unspecified atom stereocenters. The molecule has 0 saturated carbocycles. The number of likely N-dealkylation sites (N-methyl/N-ethyl adjacent to an activating group) is 1. The van der Waals surface area contributed by atoms with Crippen molar-refractivity contribution in [3.05, 3.63) is 0 Å². The average Bonchev–Trinajstić information content (AvgIpc) is 2.77. The molecule has 0 aromatic carbocycles. The van der Waals surface area contributed by atoms with Crippen LogP contribution in [-0.4, -0.2) is 66.3 Å². The summed E-state index contributed by atoms with van der Waals surface area (Å²) >= 11 is 0. The molecular weight excluding hydrogens is 250 g/mol. The Morgan fingerprint density at radius 3 is 2.35 bits per heavy atom. The van der Waals surface area contributed by atoms with Gasteiger partial charge in [0.15, 0.2) is 0 Å². The van der Waals surface area contributed by atoms with Gasteiger partial charge in [-0.1, -0.05) is 0 Å². The van der Waals surface area contributed by atoms with E-state index in [4.69, 9.17) is 10.5 Å². The fourth-order valence-corrected chi connectivity index (χ4v) is 4.63. The van der Waals surface area contributed by atoms with Crippen LogP contribution < -0.4 is 5.73 Å². The fraction of sp³-hybridized carbons (Fsp3) is 1.00. The molecule has 2 atom stereocenters. The van der Waals surface area contributed by atoms with Crippen molar-refractivity contribution in [3.8, 4) is 0 Å². The molecule has 0 spiro atoms. The van der Waals surface area contributed by atoms with Gasteiger partial charge in [-0.25, -0.2) is 0 Å². The first-order chi connectivity index (χ1) is 9.13. The van der Waals surface area contributed by atoms with Crippen LogP contribution >= 0.6 is 0 Å². The van der Waals surface area contributed by atoms with E-state index < -0.39 is 0 Å². The molecule has 2 N–H and O–H groups in total. The predicted molar refractivity (Wildman–Crippen MR) is 83.9 cm³/mol. The smallest absolute Gasteiger partial charge is 0.0830 e. The molecule has 0 bridgehead atoms. The molecule has 2 aliphatic heterocycles. The van der Waals surface area contributed by atoms with Gasteiger partial charge in [-0.15, -0.1) is 0 Å². The molecule has 118 valence electrons. The molecule has 0 aromatic rings. The van der Waals surface area contributed by atoms with Gasteiger partial charge in [0.1, 0.15) is 0 Å². The molecule has 2 aliphatic rings. The van der Waals surface area contributed by atoms with E-state index in [0.717, 1.165) is 19.5 Å². The van der Waals surface area contributed by atoms with Gasteiger partial charge in [-0.2, -0.15) is 0 Å². The van der Waals surface area contributed by atoms with Gasteiger partial charge >= 0.3 is 0 Å². The first-order valence-corrected chi connectivity index (χ1v) is 7.95. The molecule has 2 rings (SSSR count). The lowest BCUT2D eigenvalue weighted by Gasteiger charge is -2.49. The Morgan fingerprint density at radius 2 is 1.90 bits per heavy atom. The molecular formula is C16H33N3O. The van der Waals surface area contributed by atoms with Crippen molar-refractivity contribution in [3.63, 3.8) is 0 Å². The quantitative estimate of drug-likeness (QED) is 0.852. The summed E-state index contributed by atoms with van der Waals surface area (Å²) in [6.45, 7) is 11.8. The molecule has 0 radical (unpaired) electrons. The number of ether oxygens (including phenoxy) is 1. The van der Waals surface area contributed by atoms with E-state index in [1.54, 1.807) is 0 Å². The van der Waals surface area contributed by atoms with Gasteiger partial charge in [0.2, 0.25) is 0 Å². The third-order valence-corrected chi connectivity index (χ3v) is 5.21. The predicted octanol–water partition coefficient (Wildman–Crippen LogP) is 1.69. The van der Waals surface area contributed by atoms with E-state index in [2.05, 4.69) is 51.6 Å². The lowest BCUT2D eigenvalue weighted by Crippen LogP contribution is -2.65. The van der Waals surface area contributed by atoms with Crippen LogP contribution in [0, 0.1) is 0 Å². The molecule has 20 heavy (non-hydrogen) atoms. The summed E-state index contributed by atoms with van der Waals surface area (Å²) in [5.74, 6) is 0. The van der Waals surface area contributed by atoms with Crippen LogP contribution in [0.1, 0.15) is 47.0 Å². The molecule has 4 heteroatoms. The number of hydrogen-bond acceptors (Lipinski definition) is 4. The molecule has 4 nitrogen and oxygen atoms in total. The van der Waals surface area contributed by atoms with Crippen LogP contribution in [0.25, 0.3) is 0 Å². The van der Waals surface area contributed by atoms with Gasteiger partial charge in [0.05, 0.1) is 16.7 Å². The summed E-state index contributed by atoms with van der Waals surface area (Å²) in [5, 5.41) is 0. The highest BCUT2D eigenvalue weighted by molar-refractivity contribution is 5.15. The van der Waals surface area contributed by atoms with Crippen LogP contribution in [0.5, 0.6) is 0 Å². The first-order valence-electron chi connectivity index (χ1n) is 7.95. The van der Waals surface area contributed by atoms with Gasteiger partial charge in [-0.3, -0.25) is 4.90 Å². The monoisotopic (exact) mass is 283 g/mol. The molecule has 0 amide bonds. The summed E-state index contributed by atoms with van der Waals surface area (Å²) in [6, 6.07) is 0.602. The number of likely N-dealkylation sites (tertiary alicyclic amines) is 1. The molecule has 2 saturated heterocycles. The maximum atomic E-state index is 6.37. The fourth-order valence-electron chi connectivity index (χ4n) is 4.63. The standard InChI is InChI=1S/C16H33N3O/c1-14(2)11-16(12-17,15(3,4)20-14)19-9-7-8-13(19)10-18(5)6/h13H,7-12,17H2,1-6H3. The maximum absolute atomic E-state index is 6.37. The second kappa shape index (κ2) is 5.24. The van der Waals surface area contributed by atoms with Crippen LogP contribution in [0.15, 0.2) is 0 Å². The van der Waals surface area contributed by atoms with Crippen molar-refractivity contribution in [1.82, 2.24) is 9.80 Å². The van der Waals surface area contributed by atoms with E-state index in [1.807, 2.05) is 0 Å². The van der Waals surface area contributed by atoms with Crippen molar-refractivity contribution in [2.45, 2.75) is 69.7 Å². The summed E-state index contributed by atoms with van der Waals surface area (Å²) in [4.78, 5) is 4.96. The van der Waals surface area contributed by atoms with E-state index in [-0.39, 0.29) is 16.7 Å². The van der Waals surface area contributed by atoms with Gasteiger partial charge in [0.25, 0.3) is 0 Å². The number of nitrogens with zero attached hydrogens (tertiary/aromatic N) is 2. The molecule has 0 aromatic heterocycles. The van der Waals surface area contributed by atoms with Gasteiger partial charge < -0.3 is 15.4 Å². The highest BCUT2D eigenvalue weighted by Crippen LogP contribution is 2.49. The van der Waals surface area contributed by atoms with E-state index in [0.29, 0.717) is 12.6 Å². The van der Waals surface area contributed by atoms with Gasteiger partial charge in [-0.05, 0) is 67.6 Å². The van der Waals surface area contributed by atoms with Crippen molar-refractivity contribution in [2.24, 2.45) is 5.73 Å². The van der Waals surface area contributed by atoms with Crippen LogP contribution in [0.4, 0.5) is 0 Å². The minimum atomic E-state index is -0.194. The topological polar surface area (TPSA) is 41.7 Å².